The van der Waals surface area contributed by atoms with E-state index in [1.54, 1.807) is 12.4 Å². The molecular formula is C14H14N4. The number of aryl methyl sites for hydroxylation is 2. The molecule has 0 radical (unpaired) electrons. The minimum absolute atomic E-state index is 0.601. The molecule has 4 nitrogen and oxygen atoms in total. The summed E-state index contributed by atoms with van der Waals surface area (Å²) >= 11 is 0. The first-order valence-electron chi connectivity index (χ1n) is 5.72. The summed E-state index contributed by atoms with van der Waals surface area (Å²) in [5, 5.41) is 12.3. The van der Waals surface area contributed by atoms with E-state index in [4.69, 9.17) is 5.26 Å². The van der Waals surface area contributed by atoms with Crippen molar-refractivity contribution in [3.8, 4) is 6.07 Å². The van der Waals surface area contributed by atoms with E-state index < -0.39 is 0 Å². The summed E-state index contributed by atoms with van der Waals surface area (Å²) in [5.41, 5.74) is 3.51. The maximum Gasteiger partial charge on any atom is 0.144 e. The van der Waals surface area contributed by atoms with E-state index >= 15 is 0 Å². The Morgan fingerprint density at radius 3 is 2.89 bits per heavy atom. The molecule has 0 amide bonds. The monoisotopic (exact) mass is 238 g/mol. The number of hydrogen-bond acceptors (Lipinski definition) is 4. The molecule has 0 spiro atoms. The Bertz CT molecular complexity index is 585. The highest BCUT2D eigenvalue weighted by Gasteiger charge is 2.07. The van der Waals surface area contributed by atoms with Gasteiger partial charge in [0.1, 0.15) is 11.9 Å². The first-order chi connectivity index (χ1) is 8.70. The van der Waals surface area contributed by atoms with Gasteiger partial charge in [-0.05, 0) is 37.1 Å². The molecule has 2 rings (SSSR count). The van der Waals surface area contributed by atoms with Gasteiger partial charge in [0, 0.05) is 24.6 Å². The quantitative estimate of drug-likeness (QED) is 0.892. The van der Waals surface area contributed by atoms with Gasteiger partial charge < -0.3 is 5.32 Å². The Morgan fingerprint density at radius 1 is 1.39 bits per heavy atom. The summed E-state index contributed by atoms with van der Waals surface area (Å²) in [6.45, 7) is 4.45. The lowest BCUT2D eigenvalue weighted by Gasteiger charge is -2.10. The van der Waals surface area contributed by atoms with Gasteiger partial charge in [-0.25, -0.2) is 4.98 Å². The molecule has 2 aromatic heterocycles. The van der Waals surface area contributed by atoms with Crippen LogP contribution in [0.15, 0.2) is 30.6 Å². The zero-order chi connectivity index (χ0) is 13.0. The third kappa shape index (κ3) is 2.64. The molecule has 4 heteroatoms. The first kappa shape index (κ1) is 12.1. The Hall–Kier alpha value is -2.41. The van der Waals surface area contributed by atoms with Crippen molar-refractivity contribution >= 4 is 5.82 Å². The Labute approximate surface area is 106 Å². The molecule has 0 atom stereocenters. The fourth-order valence-electron chi connectivity index (χ4n) is 1.79. The molecule has 90 valence electrons. The Kier molecular flexibility index (Phi) is 3.54. The average Bonchev–Trinajstić information content (AvgIpc) is 2.37. The smallest absolute Gasteiger partial charge is 0.144 e. The second kappa shape index (κ2) is 5.28. The standard InChI is InChI=1S/C14H14N4/c1-10-6-11(2)18-14(13(10)7-15)17-9-12-4-3-5-16-8-12/h3-6,8H,9H2,1-2H3,(H,17,18). The van der Waals surface area contributed by atoms with Crippen molar-refractivity contribution in [3.63, 3.8) is 0 Å². The normalized spacial score (nSPS) is 9.83. The van der Waals surface area contributed by atoms with Crippen molar-refractivity contribution < 1.29 is 0 Å². The lowest BCUT2D eigenvalue weighted by molar-refractivity contribution is 1.06. The van der Waals surface area contributed by atoms with Gasteiger partial charge in [0.05, 0.1) is 5.56 Å². The highest BCUT2D eigenvalue weighted by molar-refractivity contribution is 5.56. The van der Waals surface area contributed by atoms with Gasteiger partial charge in [-0.2, -0.15) is 5.26 Å². The molecule has 0 bridgehead atoms. The molecule has 0 aliphatic carbocycles. The van der Waals surface area contributed by atoms with Crippen LogP contribution < -0.4 is 5.32 Å². The fraction of sp³-hybridized carbons (Fsp3) is 0.214. The number of pyridine rings is 2. The van der Waals surface area contributed by atoms with Crippen LogP contribution in [-0.4, -0.2) is 9.97 Å². The average molecular weight is 238 g/mol. The lowest BCUT2D eigenvalue weighted by atomic mass is 10.1. The Balaban J connectivity index is 2.22. The molecule has 0 aliphatic rings. The molecule has 0 fully saturated rings. The van der Waals surface area contributed by atoms with Crippen LogP contribution in [-0.2, 0) is 6.54 Å². The van der Waals surface area contributed by atoms with Crippen molar-refractivity contribution in [1.82, 2.24) is 9.97 Å². The van der Waals surface area contributed by atoms with E-state index in [2.05, 4.69) is 21.4 Å². The maximum atomic E-state index is 9.15. The second-order valence-corrected chi connectivity index (χ2v) is 4.13. The van der Waals surface area contributed by atoms with E-state index in [0.29, 0.717) is 17.9 Å². The van der Waals surface area contributed by atoms with Crippen LogP contribution in [0.1, 0.15) is 22.4 Å². The van der Waals surface area contributed by atoms with Crippen LogP contribution in [0.5, 0.6) is 0 Å². The summed E-state index contributed by atoms with van der Waals surface area (Å²) in [7, 11) is 0. The third-order valence-corrected chi connectivity index (χ3v) is 2.64. The van der Waals surface area contributed by atoms with Crippen LogP contribution in [0.3, 0.4) is 0 Å². The highest BCUT2D eigenvalue weighted by atomic mass is 15.0. The largest absolute Gasteiger partial charge is 0.365 e. The molecule has 18 heavy (non-hydrogen) atoms. The molecule has 1 N–H and O–H groups in total. The van der Waals surface area contributed by atoms with E-state index in [9.17, 15) is 0 Å². The van der Waals surface area contributed by atoms with Crippen molar-refractivity contribution in [1.29, 1.82) is 5.26 Å². The Morgan fingerprint density at radius 2 is 2.22 bits per heavy atom. The van der Waals surface area contributed by atoms with Crippen LogP contribution in [0.4, 0.5) is 5.82 Å². The maximum absolute atomic E-state index is 9.15. The van der Waals surface area contributed by atoms with Crippen molar-refractivity contribution in [2.75, 3.05) is 5.32 Å². The molecule has 2 heterocycles. The summed E-state index contributed by atoms with van der Waals surface area (Å²) in [6.07, 6.45) is 3.53. The van der Waals surface area contributed by atoms with Crippen LogP contribution in [0.25, 0.3) is 0 Å². The zero-order valence-electron chi connectivity index (χ0n) is 10.4. The van der Waals surface area contributed by atoms with E-state index in [0.717, 1.165) is 16.8 Å². The van der Waals surface area contributed by atoms with Crippen LogP contribution >= 0.6 is 0 Å². The van der Waals surface area contributed by atoms with Gasteiger partial charge >= 0.3 is 0 Å². The van der Waals surface area contributed by atoms with E-state index in [1.807, 2.05) is 32.0 Å². The molecule has 2 aromatic rings. The summed E-state index contributed by atoms with van der Waals surface area (Å²) in [5.74, 6) is 0.638. The van der Waals surface area contributed by atoms with Gasteiger partial charge in [-0.3, -0.25) is 4.98 Å². The van der Waals surface area contributed by atoms with Gasteiger partial charge in [0.15, 0.2) is 0 Å². The lowest BCUT2D eigenvalue weighted by Crippen LogP contribution is -2.05. The number of nitrogens with zero attached hydrogens (tertiary/aromatic N) is 3. The molecular weight excluding hydrogens is 224 g/mol. The van der Waals surface area contributed by atoms with E-state index in [-0.39, 0.29) is 0 Å². The molecule has 0 aliphatic heterocycles. The van der Waals surface area contributed by atoms with Crippen LogP contribution in [0.2, 0.25) is 0 Å². The second-order valence-electron chi connectivity index (χ2n) is 4.13. The van der Waals surface area contributed by atoms with Crippen molar-refractivity contribution in [2.45, 2.75) is 20.4 Å². The fourth-order valence-corrected chi connectivity index (χ4v) is 1.79. The number of nitrogens with one attached hydrogen (secondary N) is 1. The summed E-state index contributed by atoms with van der Waals surface area (Å²) in [6, 6.07) is 7.96. The molecule has 0 aromatic carbocycles. The SMILES string of the molecule is Cc1cc(C)c(C#N)c(NCc2cccnc2)n1. The predicted octanol–water partition coefficient (Wildman–Crippen LogP) is 2.58. The number of aromatic nitrogens is 2. The highest BCUT2D eigenvalue weighted by Crippen LogP contribution is 2.18. The zero-order valence-corrected chi connectivity index (χ0v) is 10.4. The minimum atomic E-state index is 0.601. The molecule has 0 saturated carbocycles. The number of anilines is 1. The van der Waals surface area contributed by atoms with Gasteiger partial charge in [0.2, 0.25) is 0 Å². The number of hydrogen-bond donors (Lipinski definition) is 1. The van der Waals surface area contributed by atoms with Crippen molar-refractivity contribution in [3.05, 3.63) is 53.0 Å². The summed E-state index contributed by atoms with van der Waals surface area (Å²) in [4.78, 5) is 8.42. The molecule has 0 saturated heterocycles. The van der Waals surface area contributed by atoms with Gasteiger partial charge in [0.25, 0.3) is 0 Å². The van der Waals surface area contributed by atoms with Crippen molar-refractivity contribution in [2.24, 2.45) is 0 Å². The minimum Gasteiger partial charge on any atom is -0.365 e. The first-order valence-corrected chi connectivity index (χ1v) is 5.72. The molecule has 0 unspecified atom stereocenters. The topological polar surface area (TPSA) is 61.6 Å². The predicted molar refractivity (Wildman–Crippen MR) is 70.0 cm³/mol. The summed E-state index contributed by atoms with van der Waals surface area (Å²) < 4.78 is 0. The van der Waals surface area contributed by atoms with Gasteiger partial charge in [-0.1, -0.05) is 6.07 Å². The van der Waals surface area contributed by atoms with Gasteiger partial charge in [-0.15, -0.1) is 0 Å². The number of nitriles is 1. The number of rotatable bonds is 3. The third-order valence-electron chi connectivity index (χ3n) is 2.64. The van der Waals surface area contributed by atoms with Crippen LogP contribution in [0, 0.1) is 25.2 Å². The van der Waals surface area contributed by atoms with E-state index in [1.165, 1.54) is 0 Å².